The maximum Gasteiger partial charge on any atom is 0.0701 e. The maximum absolute atomic E-state index is 8.36. The van der Waals surface area contributed by atoms with Crippen LogP contribution in [0.2, 0.25) is 0 Å². The minimum absolute atomic E-state index is 0.0413. The van der Waals surface area contributed by atoms with Crippen LogP contribution in [0.4, 0.5) is 0 Å². The highest BCUT2D eigenvalue weighted by Crippen LogP contribution is 1.89. The molecule has 12 nitrogen and oxygen atoms in total. The number of rotatable bonds is 34. The molecule has 0 aromatic rings. The number of aliphatic hydroxyl groups is 2. The molecule has 40 heavy (non-hydrogen) atoms. The van der Waals surface area contributed by atoms with Crippen LogP contribution in [0, 0.1) is 0 Å². The van der Waals surface area contributed by atoms with Crippen molar-refractivity contribution in [1.29, 1.82) is 0 Å². The van der Waals surface area contributed by atoms with Crippen molar-refractivity contribution in [2.75, 3.05) is 145 Å². The van der Waals surface area contributed by atoms with E-state index in [-0.39, 0.29) is 13.2 Å². The van der Waals surface area contributed by atoms with Gasteiger partial charge in [-0.1, -0.05) is 26.7 Å². The van der Waals surface area contributed by atoms with Gasteiger partial charge in [-0.25, -0.2) is 0 Å². The first-order valence-electron chi connectivity index (χ1n) is 14.8. The van der Waals surface area contributed by atoms with Gasteiger partial charge in [0.2, 0.25) is 0 Å². The molecule has 0 saturated carbocycles. The highest BCUT2D eigenvalue weighted by molar-refractivity contribution is 4.38. The molecule has 0 aliphatic carbocycles. The summed E-state index contributed by atoms with van der Waals surface area (Å²) in [6.07, 6.45) is 4.53. The number of hydrogen-bond acceptors (Lipinski definition) is 12. The SMILES string of the molecule is CCCCOCCOCCOCCOCCOCCOCCOCCCC.OCCOCCOCCOCCO. The van der Waals surface area contributed by atoms with Crippen molar-refractivity contribution in [3.8, 4) is 0 Å². The molecule has 0 aliphatic heterocycles. The zero-order valence-corrected chi connectivity index (χ0v) is 25.4. The summed E-state index contributed by atoms with van der Waals surface area (Å²) in [4.78, 5) is 0. The molecule has 0 amide bonds. The van der Waals surface area contributed by atoms with Crippen LogP contribution < -0.4 is 0 Å². The zero-order valence-electron chi connectivity index (χ0n) is 25.4. The smallest absolute Gasteiger partial charge is 0.0701 e. The first-order chi connectivity index (χ1) is 19.8. The second-order valence-electron chi connectivity index (χ2n) is 8.28. The average molecular weight is 589 g/mol. The van der Waals surface area contributed by atoms with Gasteiger partial charge >= 0.3 is 0 Å². The van der Waals surface area contributed by atoms with Gasteiger partial charge in [-0.2, -0.15) is 0 Å². The van der Waals surface area contributed by atoms with E-state index in [1.807, 2.05) is 0 Å². The number of unbranched alkanes of at least 4 members (excludes halogenated alkanes) is 2. The fraction of sp³-hybridized carbons (Fsp3) is 1.00. The minimum atomic E-state index is 0.0413. The van der Waals surface area contributed by atoms with E-state index in [9.17, 15) is 0 Å². The molecule has 0 aliphatic rings. The molecule has 2 N–H and O–H groups in total. The van der Waals surface area contributed by atoms with Crippen LogP contribution in [-0.2, 0) is 47.4 Å². The average Bonchev–Trinajstić information content (AvgIpc) is 2.97. The highest BCUT2D eigenvalue weighted by Gasteiger charge is 1.95. The highest BCUT2D eigenvalue weighted by atomic mass is 16.6. The van der Waals surface area contributed by atoms with Crippen molar-refractivity contribution >= 4 is 0 Å². The van der Waals surface area contributed by atoms with Gasteiger partial charge < -0.3 is 57.6 Å². The van der Waals surface area contributed by atoms with Crippen LogP contribution in [-0.4, -0.2) is 156 Å². The number of aliphatic hydroxyl groups excluding tert-OH is 2. The predicted molar refractivity (Wildman–Crippen MR) is 152 cm³/mol. The summed E-state index contributed by atoms with van der Waals surface area (Å²) >= 11 is 0. The lowest BCUT2D eigenvalue weighted by Crippen LogP contribution is -2.14. The first-order valence-corrected chi connectivity index (χ1v) is 14.8. The lowest BCUT2D eigenvalue weighted by Gasteiger charge is -2.08. The molecule has 0 fully saturated rings. The predicted octanol–water partition coefficient (Wildman–Crippen LogP) is 1.72. The molecule has 0 aromatic heterocycles. The Labute approximate surface area is 242 Å². The van der Waals surface area contributed by atoms with Gasteiger partial charge in [0.1, 0.15) is 0 Å². The molecule has 0 heterocycles. The molecule has 0 radical (unpaired) electrons. The van der Waals surface area contributed by atoms with Crippen LogP contribution in [0.15, 0.2) is 0 Å². The van der Waals surface area contributed by atoms with Gasteiger partial charge in [0, 0.05) is 13.2 Å². The van der Waals surface area contributed by atoms with Gasteiger partial charge in [0.25, 0.3) is 0 Å². The molecule has 12 heteroatoms. The van der Waals surface area contributed by atoms with Crippen LogP contribution in [0.5, 0.6) is 0 Å². The van der Waals surface area contributed by atoms with Crippen molar-refractivity contribution < 1.29 is 57.6 Å². The fourth-order valence-corrected chi connectivity index (χ4v) is 2.59. The summed E-state index contributed by atoms with van der Waals surface area (Å²) < 4.78 is 52.9. The van der Waals surface area contributed by atoms with Gasteiger partial charge in [-0.3, -0.25) is 0 Å². The zero-order chi connectivity index (χ0) is 29.5. The van der Waals surface area contributed by atoms with E-state index in [4.69, 9.17) is 57.6 Å². The Balaban J connectivity index is 0. The molecule has 244 valence electrons. The Hall–Kier alpha value is -0.480. The lowest BCUT2D eigenvalue weighted by molar-refractivity contribution is -0.0206. The summed E-state index contributed by atoms with van der Waals surface area (Å²) in [5.41, 5.74) is 0. The van der Waals surface area contributed by atoms with E-state index >= 15 is 0 Å². The van der Waals surface area contributed by atoms with Gasteiger partial charge in [0.05, 0.1) is 132 Å². The largest absolute Gasteiger partial charge is 0.394 e. The summed E-state index contributed by atoms with van der Waals surface area (Å²) in [5, 5.41) is 16.7. The summed E-state index contributed by atoms with van der Waals surface area (Å²) in [7, 11) is 0. The van der Waals surface area contributed by atoms with Gasteiger partial charge in [-0.15, -0.1) is 0 Å². The van der Waals surface area contributed by atoms with Crippen LogP contribution >= 0.6 is 0 Å². The third-order valence-electron chi connectivity index (χ3n) is 4.73. The topological polar surface area (TPSA) is 133 Å². The van der Waals surface area contributed by atoms with Crippen LogP contribution in [0.3, 0.4) is 0 Å². The molecule has 0 saturated heterocycles. The molecular formula is C28H60O12. The van der Waals surface area contributed by atoms with Crippen LogP contribution in [0.1, 0.15) is 39.5 Å². The Morgan fingerprint density at radius 1 is 0.275 bits per heavy atom. The van der Waals surface area contributed by atoms with E-state index in [1.165, 1.54) is 0 Å². The van der Waals surface area contributed by atoms with E-state index in [0.717, 1.165) is 38.9 Å². The lowest BCUT2D eigenvalue weighted by atomic mass is 10.4. The molecule has 0 atom stereocenters. The van der Waals surface area contributed by atoms with Gasteiger partial charge in [0.15, 0.2) is 0 Å². The molecule has 0 rings (SSSR count). The monoisotopic (exact) mass is 588 g/mol. The Bertz CT molecular complexity index is 373. The molecule has 0 aromatic carbocycles. The third-order valence-corrected chi connectivity index (χ3v) is 4.73. The van der Waals surface area contributed by atoms with Crippen molar-refractivity contribution in [3.63, 3.8) is 0 Å². The normalized spacial score (nSPS) is 11.1. The Kier molecular flexibility index (Phi) is 44.8. The van der Waals surface area contributed by atoms with E-state index in [0.29, 0.717) is 119 Å². The third kappa shape index (κ3) is 44.5. The van der Waals surface area contributed by atoms with Crippen molar-refractivity contribution in [2.45, 2.75) is 39.5 Å². The molecule has 0 bridgehead atoms. The summed E-state index contributed by atoms with van der Waals surface area (Å²) in [6, 6.07) is 0. The van der Waals surface area contributed by atoms with E-state index in [2.05, 4.69) is 13.8 Å². The van der Waals surface area contributed by atoms with Gasteiger partial charge in [-0.05, 0) is 12.8 Å². The quantitative estimate of drug-likeness (QED) is 0.106. The summed E-state index contributed by atoms with van der Waals surface area (Å²) in [5.74, 6) is 0. The van der Waals surface area contributed by atoms with E-state index in [1.54, 1.807) is 0 Å². The Morgan fingerprint density at radius 3 is 0.625 bits per heavy atom. The molecule has 0 unspecified atom stereocenters. The fourth-order valence-electron chi connectivity index (χ4n) is 2.59. The first kappa shape index (κ1) is 41.7. The second-order valence-corrected chi connectivity index (χ2v) is 8.28. The number of hydrogen-bond donors (Lipinski definition) is 2. The van der Waals surface area contributed by atoms with Crippen molar-refractivity contribution in [2.24, 2.45) is 0 Å². The van der Waals surface area contributed by atoms with E-state index < -0.39 is 0 Å². The molecular weight excluding hydrogens is 528 g/mol. The second kappa shape index (κ2) is 43.0. The van der Waals surface area contributed by atoms with Crippen molar-refractivity contribution in [1.82, 2.24) is 0 Å². The number of ether oxygens (including phenoxy) is 10. The Morgan fingerprint density at radius 2 is 0.450 bits per heavy atom. The standard InChI is InChI=1S/C20H42O7.C8H18O5/c1-3-5-7-21-9-11-23-13-15-25-17-19-27-20-18-26-16-14-24-12-10-22-8-6-4-2;9-1-3-11-5-7-13-8-6-12-4-2-10/h3-20H2,1-2H3;9-10H,1-8H2. The minimum Gasteiger partial charge on any atom is -0.394 e. The van der Waals surface area contributed by atoms with Crippen molar-refractivity contribution in [3.05, 3.63) is 0 Å². The molecule has 0 spiro atoms. The van der Waals surface area contributed by atoms with Crippen LogP contribution in [0.25, 0.3) is 0 Å². The maximum atomic E-state index is 8.36. The summed E-state index contributed by atoms with van der Waals surface area (Å²) in [6.45, 7) is 15.8.